The van der Waals surface area contributed by atoms with Crippen LogP contribution in [-0.4, -0.2) is 46.4 Å². The van der Waals surface area contributed by atoms with Gasteiger partial charge >= 0.3 is 5.97 Å². The van der Waals surface area contributed by atoms with Crippen LogP contribution in [0.25, 0.3) is 5.57 Å². The molecule has 1 aromatic carbocycles. The second-order valence-corrected chi connectivity index (χ2v) is 11.6. The molecule has 0 aliphatic carbocycles. The third-order valence-electron chi connectivity index (χ3n) is 8.51. The number of allylic oxidation sites excluding steroid dienone is 3. The van der Waals surface area contributed by atoms with Crippen molar-refractivity contribution in [3.63, 3.8) is 0 Å². The number of ether oxygens (including phenoxy) is 3. The van der Waals surface area contributed by atoms with Crippen LogP contribution in [0.2, 0.25) is 0 Å². The molecule has 2 fully saturated rings. The molecule has 38 heavy (non-hydrogen) atoms. The Labute approximate surface area is 227 Å². The van der Waals surface area contributed by atoms with E-state index in [1.54, 1.807) is 19.1 Å². The molecule has 2 saturated heterocycles. The summed E-state index contributed by atoms with van der Waals surface area (Å²) in [6, 6.07) is 3.33. The number of aromatic hydroxyl groups is 1. The van der Waals surface area contributed by atoms with Crippen LogP contribution in [0.4, 0.5) is 0 Å². The molecule has 1 aromatic rings. The number of phenols is 1. The van der Waals surface area contributed by atoms with Crippen molar-refractivity contribution >= 4 is 11.5 Å². The first kappa shape index (κ1) is 28.6. The van der Waals surface area contributed by atoms with Crippen LogP contribution in [0.5, 0.6) is 5.75 Å². The molecule has 1 spiro atoms. The Kier molecular flexibility index (Phi) is 8.85. The fourth-order valence-electron chi connectivity index (χ4n) is 5.99. The van der Waals surface area contributed by atoms with Gasteiger partial charge in [-0.3, -0.25) is 0 Å². The number of benzene rings is 1. The number of carbonyl (C=O) groups is 1. The number of carbonyl (C=O) groups excluding carboxylic acids is 1. The monoisotopic (exact) mass is 524 g/mol. The molecule has 6 nitrogen and oxygen atoms in total. The summed E-state index contributed by atoms with van der Waals surface area (Å²) in [5, 5.41) is 21.4. The highest BCUT2D eigenvalue weighted by molar-refractivity contribution is 5.96. The van der Waals surface area contributed by atoms with Crippen molar-refractivity contribution < 1.29 is 29.2 Å². The number of aliphatic hydroxyl groups is 1. The SMILES string of the molecule is CCC1OC2(CCC1C)CC1CC(CC=C(C)C(O)C(C)C=CC=C(C)c3cc(O)c(C)cc3C(=O)O1)O2. The van der Waals surface area contributed by atoms with Crippen LogP contribution in [0.3, 0.4) is 0 Å². The minimum absolute atomic E-state index is 0.0982. The Bertz CT molecular complexity index is 1120. The lowest BCUT2D eigenvalue weighted by Crippen LogP contribution is -2.54. The van der Waals surface area contributed by atoms with E-state index in [0.717, 1.165) is 30.4 Å². The summed E-state index contributed by atoms with van der Waals surface area (Å²) in [6.07, 6.45) is 11.0. The molecule has 4 rings (SSSR count). The van der Waals surface area contributed by atoms with Gasteiger partial charge in [-0.05, 0) is 80.4 Å². The third-order valence-corrected chi connectivity index (χ3v) is 8.51. The van der Waals surface area contributed by atoms with Gasteiger partial charge in [0, 0.05) is 25.2 Å². The molecule has 3 heterocycles. The Morgan fingerprint density at radius 3 is 2.58 bits per heavy atom. The number of aliphatic hydroxyl groups excluding tert-OH is 1. The fraction of sp³-hybridized carbons (Fsp3) is 0.594. The molecule has 0 amide bonds. The predicted molar refractivity (Wildman–Crippen MR) is 149 cm³/mol. The van der Waals surface area contributed by atoms with Crippen molar-refractivity contribution in [2.75, 3.05) is 0 Å². The molecule has 6 heteroatoms. The first-order valence-electron chi connectivity index (χ1n) is 14.1. The van der Waals surface area contributed by atoms with Gasteiger partial charge in [-0.2, -0.15) is 0 Å². The molecule has 208 valence electrons. The van der Waals surface area contributed by atoms with Gasteiger partial charge in [-0.25, -0.2) is 4.79 Å². The van der Waals surface area contributed by atoms with E-state index in [9.17, 15) is 15.0 Å². The average Bonchev–Trinajstić information content (AvgIpc) is 2.88. The molecule has 0 radical (unpaired) electrons. The quantitative estimate of drug-likeness (QED) is 0.317. The van der Waals surface area contributed by atoms with Crippen molar-refractivity contribution in [1.82, 2.24) is 0 Å². The zero-order valence-electron chi connectivity index (χ0n) is 23.7. The summed E-state index contributed by atoms with van der Waals surface area (Å²) in [4.78, 5) is 13.6. The van der Waals surface area contributed by atoms with E-state index in [0.29, 0.717) is 41.9 Å². The number of aryl methyl sites for hydroxylation is 1. The van der Waals surface area contributed by atoms with Gasteiger partial charge in [0.05, 0.1) is 23.9 Å². The number of hydrogen-bond acceptors (Lipinski definition) is 6. The normalized spacial score (nSPS) is 34.8. The summed E-state index contributed by atoms with van der Waals surface area (Å²) in [5.74, 6) is -0.705. The largest absolute Gasteiger partial charge is 0.508 e. The first-order valence-corrected chi connectivity index (χ1v) is 14.1. The Morgan fingerprint density at radius 1 is 1.08 bits per heavy atom. The van der Waals surface area contributed by atoms with Crippen LogP contribution < -0.4 is 0 Å². The standard InChI is InChI=1S/C32H44O6/c1-7-29-20(3)13-14-32(38-29)18-25-16-24(37-32)12-11-22(5)30(34)21(4)10-8-9-19(2)26-17-28(33)23(6)15-27(26)31(35)36-25/h8-11,15,17,20-21,24-25,29-30,33-34H,7,12-14,16,18H2,1-6H3. The third kappa shape index (κ3) is 6.24. The van der Waals surface area contributed by atoms with Gasteiger partial charge in [-0.1, -0.05) is 45.1 Å². The van der Waals surface area contributed by atoms with Crippen LogP contribution >= 0.6 is 0 Å². The van der Waals surface area contributed by atoms with Crippen LogP contribution in [0.1, 0.15) is 94.6 Å². The number of fused-ring (bicyclic) bond motifs is 3. The lowest BCUT2D eigenvalue weighted by Gasteiger charge is -2.49. The Balaban J connectivity index is 1.74. The van der Waals surface area contributed by atoms with Crippen molar-refractivity contribution in [2.45, 2.75) is 110 Å². The Hall–Kier alpha value is -2.41. The van der Waals surface area contributed by atoms with Crippen molar-refractivity contribution in [3.05, 3.63) is 58.7 Å². The Morgan fingerprint density at radius 2 is 1.84 bits per heavy atom. The van der Waals surface area contributed by atoms with Gasteiger partial charge in [0.2, 0.25) is 0 Å². The smallest absolute Gasteiger partial charge is 0.339 e. The molecular weight excluding hydrogens is 480 g/mol. The number of rotatable bonds is 1. The van der Waals surface area contributed by atoms with Crippen molar-refractivity contribution in [2.24, 2.45) is 11.8 Å². The zero-order chi connectivity index (χ0) is 27.6. The summed E-state index contributed by atoms with van der Waals surface area (Å²) in [7, 11) is 0. The first-order chi connectivity index (χ1) is 18.0. The number of esters is 1. The summed E-state index contributed by atoms with van der Waals surface area (Å²) >= 11 is 0. The predicted octanol–water partition coefficient (Wildman–Crippen LogP) is 6.63. The average molecular weight is 525 g/mol. The molecule has 3 aliphatic heterocycles. The lowest BCUT2D eigenvalue weighted by molar-refractivity contribution is -0.334. The molecule has 0 aromatic heterocycles. The lowest BCUT2D eigenvalue weighted by atomic mass is 9.85. The van der Waals surface area contributed by atoms with Crippen molar-refractivity contribution in [3.8, 4) is 5.75 Å². The van der Waals surface area contributed by atoms with Gasteiger partial charge in [-0.15, -0.1) is 0 Å². The molecule has 2 N–H and O–H groups in total. The minimum atomic E-state index is -0.785. The van der Waals surface area contributed by atoms with Crippen LogP contribution in [0.15, 0.2) is 42.0 Å². The maximum absolute atomic E-state index is 13.6. The molecule has 7 unspecified atom stereocenters. The van der Waals surface area contributed by atoms with E-state index in [2.05, 4.69) is 19.9 Å². The van der Waals surface area contributed by atoms with Gasteiger partial charge in [0.25, 0.3) is 0 Å². The van der Waals surface area contributed by atoms with E-state index < -0.39 is 17.9 Å². The van der Waals surface area contributed by atoms with Gasteiger partial charge in [0.1, 0.15) is 11.9 Å². The van der Waals surface area contributed by atoms with E-state index in [4.69, 9.17) is 14.2 Å². The molecular formula is C32H44O6. The number of hydrogen-bond donors (Lipinski definition) is 2. The summed E-state index contributed by atoms with van der Waals surface area (Å²) in [5.41, 5.74) is 3.39. The van der Waals surface area contributed by atoms with E-state index in [-0.39, 0.29) is 30.0 Å². The van der Waals surface area contributed by atoms with Crippen LogP contribution in [-0.2, 0) is 14.2 Å². The van der Waals surface area contributed by atoms with Gasteiger partial charge < -0.3 is 24.4 Å². The molecule has 7 atom stereocenters. The van der Waals surface area contributed by atoms with Crippen molar-refractivity contribution in [1.29, 1.82) is 0 Å². The summed E-state index contributed by atoms with van der Waals surface area (Å²) in [6.45, 7) is 12.0. The second kappa shape index (κ2) is 11.8. The minimum Gasteiger partial charge on any atom is -0.508 e. The highest BCUT2D eigenvalue weighted by atomic mass is 16.7. The highest BCUT2D eigenvalue weighted by Gasteiger charge is 2.48. The fourth-order valence-corrected chi connectivity index (χ4v) is 5.99. The highest BCUT2D eigenvalue weighted by Crippen LogP contribution is 2.43. The molecule has 3 aliphatic rings. The maximum Gasteiger partial charge on any atom is 0.339 e. The number of phenolic OH excluding ortho intramolecular Hbond substituents is 1. The van der Waals surface area contributed by atoms with E-state index in [1.165, 1.54) is 0 Å². The maximum atomic E-state index is 13.6. The topological polar surface area (TPSA) is 85.2 Å². The van der Waals surface area contributed by atoms with E-state index >= 15 is 0 Å². The zero-order valence-corrected chi connectivity index (χ0v) is 23.7. The molecule has 0 saturated carbocycles. The van der Waals surface area contributed by atoms with Crippen LogP contribution in [0, 0.1) is 18.8 Å². The van der Waals surface area contributed by atoms with Gasteiger partial charge in [0.15, 0.2) is 5.79 Å². The van der Waals surface area contributed by atoms with E-state index in [1.807, 2.05) is 39.0 Å². The second-order valence-electron chi connectivity index (χ2n) is 11.6. The summed E-state index contributed by atoms with van der Waals surface area (Å²) < 4.78 is 19.4. The molecule has 2 bridgehead atoms.